The molecule has 2 N–H and O–H groups in total. The maximum atomic E-state index is 15.4. The Bertz CT molecular complexity index is 1090. The number of aliphatic hydroxyl groups is 1. The Hall–Kier alpha value is -1.94. The van der Waals surface area contributed by atoms with E-state index in [4.69, 9.17) is 4.55 Å². The van der Waals surface area contributed by atoms with E-state index in [1.54, 1.807) is 13.0 Å². The normalized spacial score (nSPS) is 43.4. The molecule has 4 aliphatic rings. The molecular formula is C23H27FO7S. The van der Waals surface area contributed by atoms with E-state index in [-0.39, 0.29) is 30.5 Å². The molecule has 0 saturated heterocycles. The van der Waals surface area contributed by atoms with E-state index in [0.717, 1.165) is 0 Å². The lowest BCUT2D eigenvalue weighted by molar-refractivity contribution is -0.140. The smallest absolute Gasteiger partial charge is 0.393 e. The molecule has 4 rings (SSSR count). The number of alkyl halides is 1. The zero-order chi connectivity index (χ0) is 23.8. The largest absolute Gasteiger partial charge is 0.397 e. The van der Waals surface area contributed by atoms with Crippen molar-refractivity contribution >= 4 is 22.0 Å². The molecule has 0 bridgehead atoms. The molecule has 9 heteroatoms. The molecule has 0 heterocycles. The number of rotatable bonds is 4. The second kappa shape index (κ2) is 7.28. The minimum absolute atomic E-state index is 0.0687. The lowest BCUT2D eigenvalue weighted by Gasteiger charge is -2.59. The van der Waals surface area contributed by atoms with Crippen LogP contribution < -0.4 is 0 Å². The first-order valence-electron chi connectivity index (χ1n) is 10.5. The number of allylic oxidation sites excluding steroid dienone is 6. The van der Waals surface area contributed by atoms with Gasteiger partial charge in [0, 0.05) is 11.3 Å². The zero-order valence-electron chi connectivity index (χ0n) is 18.0. The van der Waals surface area contributed by atoms with Crippen LogP contribution in [0.4, 0.5) is 4.39 Å². The fourth-order valence-corrected chi connectivity index (χ4v) is 7.40. The van der Waals surface area contributed by atoms with Gasteiger partial charge in [-0.2, -0.15) is 8.42 Å². The van der Waals surface area contributed by atoms with Crippen molar-refractivity contribution in [1.82, 2.24) is 0 Å². The maximum Gasteiger partial charge on any atom is 0.397 e. The van der Waals surface area contributed by atoms with Crippen LogP contribution in [0.3, 0.4) is 0 Å². The predicted octanol–water partition coefficient (Wildman–Crippen LogP) is 2.55. The Morgan fingerprint density at radius 3 is 2.59 bits per heavy atom. The molecular weight excluding hydrogens is 439 g/mol. The predicted molar refractivity (Wildman–Crippen MR) is 113 cm³/mol. The topological polar surface area (TPSA) is 118 Å². The summed E-state index contributed by atoms with van der Waals surface area (Å²) in [6.07, 6.45) is 2.36. The molecule has 8 atom stereocenters. The van der Waals surface area contributed by atoms with Gasteiger partial charge in [-0.15, -0.1) is 0 Å². The number of hydrogen-bond acceptors (Lipinski definition) is 6. The van der Waals surface area contributed by atoms with Crippen LogP contribution in [0.15, 0.2) is 48.1 Å². The lowest BCUT2D eigenvalue weighted by Crippen LogP contribution is -2.58. The molecule has 7 nitrogen and oxygen atoms in total. The Kier molecular flexibility index (Phi) is 5.28. The van der Waals surface area contributed by atoms with Crippen molar-refractivity contribution in [3.05, 3.63) is 48.1 Å². The van der Waals surface area contributed by atoms with Crippen molar-refractivity contribution in [3.63, 3.8) is 0 Å². The average Bonchev–Trinajstić information content (AvgIpc) is 2.86. The summed E-state index contributed by atoms with van der Waals surface area (Å²) in [5.41, 5.74) is -0.371. The number of fused-ring (bicyclic) bond motifs is 5. The standard InChI is InChI=1S/C23H27FO7S/c1-11-12(2)20(18(27)10-31-32(28,29)30)23(4)9-17(26)21-14(19(11)23)8-16(24)15-7-13(25)5-6-22(15,21)3/h5-7,14,16-17,19-21,26H,1-2,8-10H2,3-4H3,(H,28,29,30)/t14-,16?,17?,19-,20+,21+,22-,23-/m0/s1. The van der Waals surface area contributed by atoms with Gasteiger partial charge < -0.3 is 5.11 Å². The van der Waals surface area contributed by atoms with Crippen molar-refractivity contribution in [1.29, 1.82) is 0 Å². The van der Waals surface area contributed by atoms with Crippen LogP contribution in [0.5, 0.6) is 0 Å². The van der Waals surface area contributed by atoms with Crippen LogP contribution in [-0.4, -0.2) is 48.5 Å². The first-order valence-corrected chi connectivity index (χ1v) is 11.9. The second-order valence-corrected chi connectivity index (χ2v) is 11.0. The third-order valence-electron chi connectivity index (χ3n) is 8.15. The van der Waals surface area contributed by atoms with Crippen molar-refractivity contribution in [2.75, 3.05) is 6.61 Å². The van der Waals surface area contributed by atoms with E-state index in [1.807, 2.05) is 6.92 Å². The Morgan fingerprint density at radius 2 is 1.97 bits per heavy atom. The molecule has 0 aromatic carbocycles. The van der Waals surface area contributed by atoms with E-state index >= 15 is 4.39 Å². The number of carbonyl (C=O) groups is 2. The average molecular weight is 467 g/mol. The highest BCUT2D eigenvalue weighted by Gasteiger charge is 2.66. The third-order valence-corrected chi connectivity index (χ3v) is 8.57. The number of ketones is 2. The van der Waals surface area contributed by atoms with Crippen LogP contribution in [0.25, 0.3) is 0 Å². The fraction of sp³-hybridized carbons (Fsp3) is 0.565. The van der Waals surface area contributed by atoms with Crippen LogP contribution in [0, 0.1) is 34.5 Å². The summed E-state index contributed by atoms with van der Waals surface area (Å²) in [5, 5.41) is 11.3. The highest BCUT2D eigenvalue weighted by molar-refractivity contribution is 7.80. The molecule has 0 spiro atoms. The van der Waals surface area contributed by atoms with Gasteiger partial charge in [-0.05, 0) is 59.0 Å². The summed E-state index contributed by atoms with van der Waals surface area (Å²) < 4.78 is 50.4. The Morgan fingerprint density at radius 1 is 1.31 bits per heavy atom. The summed E-state index contributed by atoms with van der Waals surface area (Å²) in [4.78, 5) is 24.8. The molecule has 0 amide bonds. The van der Waals surface area contributed by atoms with E-state index in [0.29, 0.717) is 16.7 Å². The molecule has 174 valence electrons. The van der Waals surface area contributed by atoms with Gasteiger partial charge in [0.1, 0.15) is 12.8 Å². The van der Waals surface area contributed by atoms with E-state index in [9.17, 15) is 23.1 Å². The van der Waals surface area contributed by atoms with Gasteiger partial charge in [0.05, 0.1) is 12.0 Å². The van der Waals surface area contributed by atoms with Crippen molar-refractivity contribution < 1.29 is 36.2 Å². The maximum absolute atomic E-state index is 15.4. The first kappa shape index (κ1) is 23.2. The molecule has 3 saturated carbocycles. The lowest BCUT2D eigenvalue weighted by atomic mass is 9.46. The number of hydrogen-bond donors (Lipinski definition) is 2. The third kappa shape index (κ3) is 3.29. The Labute approximate surface area is 186 Å². The van der Waals surface area contributed by atoms with E-state index in [1.165, 1.54) is 12.2 Å². The Balaban J connectivity index is 1.74. The van der Waals surface area contributed by atoms with Crippen molar-refractivity contribution in [3.8, 4) is 0 Å². The number of carbonyl (C=O) groups excluding carboxylic acids is 2. The second-order valence-electron chi connectivity index (χ2n) is 9.91. The van der Waals surface area contributed by atoms with E-state index < -0.39 is 57.7 Å². The van der Waals surface area contributed by atoms with Gasteiger partial charge in [-0.3, -0.25) is 14.1 Å². The fourth-order valence-electron chi connectivity index (χ4n) is 7.13. The van der Waals surface area contributed by atoms with Gasteiger partial charge in [-0.1, -0.05) is 33.1 Å². The molecule has 0 aliphatic heterocycles. The van der Waals surface area contributed by atoms with Gasteiger partial charge >= 0.3 is 10.4 Å². The van der Waals surface area contributed by atoms with Crippen LogP contribution in [0.2, 0.25) is 0 Å². The summed E-state index contributed by atoms with van der Waals surface area (Å²) in [7, 11) is -4.81. The quantitative estimate of drug-likeness (QED) is 0.612. The summed E-state index contributed by atoms with van der Waals surface area (Å²) in [6.45, 7) is 10.9. The monoisotopic (exact) mass is 466 g/mol. The van der Waals surface area contributed by atoms with Gasteiger partial charge in [0.25, 0.3) is 0 Å². The summed E-state index contributed by atoms with van der Waals surface area (Å²) >= 11 is 0. The highest BCUT2D eigenvalue weighted by Crippen LogP contribution is 2.68. The van der Waals surface area contributed by atoms with E-state index in [2.05, 4.69) is 17.3 Å². The summed E-state index contributed by atoms with van der Waals surface area (Å²) in [5.74, 6) is -2.91. The molecule has 0 aromatic rings. The highest BCUT2D eigenvalue weighted by atomic mass is 32.3. The number of aliphatic hydroxyl groups excluding tert-OH is 1. The number of Topliss-reactive ketones (excluding diaryl/α,β-unsaturated/α-hetero) is 1. The molecule has 3 fully saturated rings. The minimum Gasteiger partial charge on any atom is -0.393 e. The van der Waals surface area contributed by atoms with Crippen molar-refractivity contribution in [2.24, 2.45) is 34.5 Å². The summed E-state index contributed by atoms with van der Waals surface area (Å²) in [6, 6.07) is 0. The van der Waals surface area contributed by atoms with Gasteiger partial charge in [0.2, 0.25) is 0 Å². The molecule has 0 aromatic heterocycles. The van der Waals surface area contributed by atoms with Crippen LogP contribution in [-0.2, 0) is 24.2 Å². The minimum atomic E-state index is -4.81. The first-order chi connectivity index (χ1) is 14.7. The zero-order valence-corrected chi connectivity index (χ0v) is 18.8. The molecule has 2 unspecified atom stereocenters. The van der Waals surface area contributed by atoms with Crippen molar-refractivity contribution in [2.45, 2.75) is 39.0 Å². The molecule has 4 aliphatic carbocycles. The molecule has 32 heavy (non-hydrogen) atoms. The SMILES string of the molecule is C=C1C(=C)[C@H]2[C@@H]3CC(F)C4=CC(=O)C=C[C@]4(C)[C@H]3C(O)C[C@]2(C)[C@H]1C(=O)COS(=O)(=O)O. The van der Waals surface area contributed by atoms with Gasteiger partial charge in [-0.25, -0.2) is 8.57 Å². The molecule has 0 radical (unpaired) electrons. The van der Waals surface area contributed by atoms with Gasteiger partial charge in [0.15, 0.2) is 11.6 Å². The number of halogens is 1. The van der Waals surface area contributed by atoms with Crippen LogP contribution >= 0.6 is 0 Å². The van der Waals surface area contributed by atoms with Crippen LogP contribution in [0.1, 0.15) is 26.7 Å².